The van der Waals surface area contributed by atoms with E-state index in [2.05, 4.69) is 15.5 Å². The van der Waals surface area contributed by atoms with Gasteiger partial charge in [0.2, 0.25) is 17.6 Å². The number of carbonyl (C=O) groups is 1. The number of piperidine rings is 1. The molecular formula is C20H22N4O5S2. The summed E-state index contributed by atoms with van der Waals surface area (Å²) >= 11 is 1.12. The van der Waals surface area contributed by atoms with Crippen LogP contribution >= 0.6 is 11.3 Å². The molecule has 1 aliphatic rings. The maximum absolute atomic E-state index is 13.0. The molecule has 0 atom stereocenters. The van der Waals surface area contributed by atoms with E-state index in [0.717, 1.165) is 11.3 Å². The van der Waals surface area contributed by atoms with Crippen molar-refractivity contribution in [2.75, 3.05) is 25.5 Å². The van der Waals surface area contributed by atoms with E-state index in [9.17, 15) is 13.2 Å². The fourth-order valence-corrected chi connectivity index (χ4v) is 6.23. The molecule has 1 N–H and O–H groups in total. The van der Waals surface area contributed by atoms with Crippen LogP contribution in [0.15, 0.2) is 44.4 Å². The molecule has 2 aromatic heterocycles. The number of hydrogen-bond acceptors (Lipinski definition) is 8. The van der Waals surface area contributed by atoms with Crippen LogP contribution in [0.3, 0.4) is 0 Å². The molecule has 0 bridgehead atoms. The second-order valence-corrected chi connectivity index (χ2v) is 10.2. The Kier molecular flexibility index (Phi) is 6.08. The van der Waals surface area contributed by atoms with Crippen LogP contribution in [0.4, 0.5) is 5.69 Å². The summed E-state index contributed by atoms with van der Waals surface area (Å²) in [6.45, 7) is 2.23. The molecule has 1 amide bonds. The molecule has 4 rings (SSSR count). The van der Waals surface area contributed by atoms with Gasteiger partial charge in [0.15, 0.2) is 0 Å². The topological polar surface area (TPSA) is 115 Å². The fraction of sp³-hybridized carbons (Fsp3) is 0.350. The number of nitrogens with one attached hydrogen (secondary N) is 1. The third-order valence-corrected chi connectivity index (χ3v) is 8.46. The largest absolute Gasteiger partial charge is 0.495 e. The van der Waals surface area contributed by atoms with Crippen LogP contribution in [0, 0.1) is 12.8 Å². The number of aromatic nitrogens is 2. The monoisotopic (exact) mass is 462 g/mol. The lowest BCUT2D eigenvalue weighted by Gasteiger charge is -2.30. The summed E-state index contributed by atoms with van der Waals surface area (Å²) in [5.74, 6) is 0.965. The SMILES string of the molecule is COc1ccccc1NC(=O)C1CCN(S(=O)(=O)c2cc(-c3noc(C)n3)cs2)CC1. The molecule has 0 aliphatic carbocycles. The number of carbonyl (C=O) groups excluding carboxylic acids is 1. The van der Waals surface area contributed by atoms with Crippen molar-refractivity contribution in [3.05, 3.63) is 41.6 Å². The fourth-order valence-electron chi connectivity index (χ4n) is 3.45. The van der Waals surface area contributed by atoms with Gasteiger partial charge >= 0.3 is 0 Å². The molecular weight excluding hydrogens is 440 g/mol. The van der Waals surface area contributed by atoms with Crippen molar-refractivity contribution < 1.29 is 22.5 Å². The third-order valence-electron chi connectivity index (χ3n) is 5.14. The Balaban J connectivity index is 1.40. The highest BCUT2D eigenvalue weighted by Gasteiger charge is 2.33. The molecule has 1 saturated heterocycles. The maximum atomic E-state index is 13.0. The van der Waals surface area contributed by atoms with Crippen molar-refractivity contribution in [1.29, 1.82) is 0 Å². The van der Waals surface area contributed by atoms with Gasteiger partial charge in [-0.15, -0.1) is 11.3 Å². The van der Waals surface area contributed by atoms with E-state index in [1.165, 1.54) is 4.31 Å². The van der Waals surface area contributed by atoms with Crippen LogP contribution in [0.1, 0.15) is 18.7 Å². The molecule has 1 fully saturated rings. The number of para-hydroxylation sites is 2. The number of thiophene rings is 1. The minimum absolute atomic E-state index is 0.132. The molecule has 1 aromatic carbocycles. The number of hydrogen-bond donors (Lipinski definition) is 1. The van der Waals surface area contributed by atoms with E-state index >= 15 is 0 Å². The summed E-state index contributed by atoms with van der Waals surface area (Å²) in [6.07, 6.45) is 0.894. The first-order chi connectivity index (χ1) is 14.9. The molecule has 3 heterocycles. The number of anilines is 1. The molecule has 11 heteroatoms. The average Bonchev–Trinajstić information content (AvgIpc) is 3.44. The van der Waals surface area contributed by atoms with E-state index in [0.29, 0.717) is 41.6 Å². The number of aryl methyl sites for hydroxylation is 1. The summed E-state index contributed by atoms with van der Waals surface area (Å²) in [4.78, 5) is 16.8. The first-order valence-corrected chi connectivity index (χ1v) is 12.0. The maximum Gasteiger partial charge on any atom is 0.252 e. The number of ether oxygens (including phenoxy) is 1. The van der Waals surface area contributed by atoms with Crippen molar-refractivity contribution >= 4 is 33.0 Å². The van der Waals surface area contributed by atoms with Gasteiger partial charge in [-0.25, -0.2) is 8.42 Å². The standard InChI is InChI=1S/C20H22N4O5S2/c1-13-21-19(23-29-13)15-11-18(30-12-15)31(26,27)24-9-7-14(8-10-24)20(25)22-16-5-3-4-6-17(16)28-2/h3-6,11-12,14H,7-10H2,1-2H3,(H,22,25). The zero-order valence-electron chi connectivity index (χ0n) is 17.1. The Hall–Kier alpha value is -2.76. The molecule has 3 aromatic rings. The number of methoxy groups -OCH3 is 1. The van der Waals surface area contributed by atoms with Crippen LogP contribution in [-0.4, -0.2) is 49.0 Å². The lowest BCUT2D eigenvalue weighted by Crippen LogP contribution is -2.41. The van der Waals surface area contributed by atoms with Gasteiger partial charge in [-0.3, -0.25) is 4.79 Å². The lowest BCUT2D eigenvalue weighted by atomic mass is 9.97. The van der Waals surface area contributed by atoms with Crippen molar-refractivity contribution in [3.63, 3.8) is 0 Å². The van der Waals surface area contributed by atoms with Gasteiger partial charge in [-0.2, -0.15) is 9.29 Å². The smallest absolute Gasteiger partial charge is 0.252 e. The summed E-state index contributed by atoms with van der Waals surface area (Å²) < 4.78 is 38.0. The predicted octanol–water partition coefficient (Wildman–Crippen LogP) is 3.15. The number of rotatable bonds is 6. The summed E-state index contributed by atoms with van der Waals surface area (Å²) in [7, 11) is -2.10. The van der Waals surface area contributed by atoms with Gasteiger partial charge in [0.05, 0.1) is 12.8 Å². The minimum atomic E-state index is -3.65. The van der Waals surface area contributed by atoms with E-state index in [4.69, 9.17) is 9.26 Å². The number of nitrogens with zero attached hydrogens (tertiary/aromatic N) is 3. The molecule has 9 nitrogen and oxygen atoms in total. The van der Waals surface area contributed by atoms with Crippen molar-refractivity contribution in [1.82, 2.24) is 14.4 Å². The second kappa shape index (κ2) is 8.77. The summed E-state index contributed by atoms with van der Waals surface area (Å²) in [5.41, 5.74) is 1.21. The van der Waals surface area contributed by atoms with Crippen LogP contribution < -0.4 is 10.1 Å². The minimum Gasteiger partial charge on any atom is -0.495 e. The highest BCUT2D eigenvalue weighted by molar-refractivity contribution is 7.91. The highest BCUT2D eigenvalue weighted by atomic mass is 32.2. The molecule has 0 saturated carbocycles. The van der Waals surface area contributed by atoms with Crippen LogP contribution in [-0.2, 0) is 14.8 Å². The predicted molar refractivity (Wildman–Crippen MR) is 115 cm³/mol. The quantitative estimate of drug-likeness (QED) is 0.598. The number of benzene rings is 1. The van der Waals surface area contributed by atoms with E-state index in [1.807, 2.05) is 12.1 Å². The molecule has 0 unspecified atom stereocenters. The van der Waals surface area contributed by atoms with Gasteiger partial charge in [-0.1, -0.05) is 17.3 Å². The lowest BCUT2D eigenvalue weighted by molar-refractivity contribution is -0.120. The van der Waals surface area contributed by atoms with Gasteiger partial charge < -0.3 is 14.6 Å². The molecule has 0 radical (unpaired) electrons. The van der Waals surface area contributed by atoms with Gasteiger partial charge in [0.1, 0.15) is 9.96 Å². The number of amides is 1. The van der Waals surface area contributed by atoms with Crippen LogP contribution in [0.25, 0.3) is 11.4 Å². The Morgan fingerprint density at radius 3 is 2.71 bits per heavy atom. The Morgan fingerprint density at radius 2 is 2.03 bits per heavy atom. The zero-order valence-corrected chi connectivity index (χ0v) is 18.7. The van der Waals surface area contributed by atoms with Crippen LogP contribution in [0.2, 0.25) is 0 Å². The normalized spacial score (nSPS) is 15.7. The van der Waals surface area contributed by atoms with Gasteiger partial charge in [0, 0.05) is 36.9 Å². The highest BCUT2D eigenvalue weighted by Crippen LogP contribution is 2.32. The van der Waals surface area contributed by atoms with Crippen molar-refractivity contribution in [2.45, 2.75) is 24.0 Å². The van der Waals surface area contributed by atoms with Gasteiger partial charge in [0.25, 0.3) is 10.0 Å². The first kappa shape index (κ1) is 21.5. The Bertz CT molecular complexity index is 1180. The first-order valence-electron chi connectivity index (χ1n) is 9.71. The second-order valence-electron chi connectivity index (χ2n) is 7.16. The molecule has 1 aliphatic heterocycles. The molecule has 0 spiro atoms. The van der Waals surface area contributed by atoms with Crippen molar-refractivity contribution in [2.24, 2.45) is 5.92 Å². The van der Waals surface area contributed by atoms with Crippen LogP contribution in [0.5, 0.6) is 5.75 Å². The van der Waals surface area contributed by atoms with E-state index in [1.54, 1.807) is 37.6 Å². The molecule has 31 heavy (non-hydrogen) atoms. The number of sulfonamides is 1. The average molecular weight is 463 g/mol. The summed E-state index contributed by atoms with van der Waals surface area (Å²) in [5, 5.41) is 8.42. The van der Waals surface area contributed by atoms with E-state index < -0.39 is 10.0 Å². The summed E-state index contributed by atoms with van der Waals surface area (Å²) in [6, 6.07) is 8.75. The van der Waals surface area contributed by atoms with E-state index in [-0.39, 0.29) is 29.1 Å². The Labute approximate surface area is 184 Å². The third kappa shape index (κ3) is 4.48. The van der Waals surface area contributed by atoms with Crippen molar-refractivity contribution in [3.8, 4) is 17.1 Å². The van der Waals surface area contributed by atoms with Gasteiger partial charge in [-0.05, 0) is 31.0 Å². The zero-order chi connectivity index (χ0) is 22.0. The molecule has 164 valence electrons. The Morgan fingerprint density at radius 1 is 1.29 bits per heavy atom.